The standard InChI is InChI=1S/C17H16N4/c1-2-5-17-20-15-6-3-4-7-16(15)21(17)12-13-8-9-19-14(10-13)11-18/h3-4,6-10H,2,5,12H2,1H3. The van der Waals surface area contributed by atoms with Crippen molar-refractivity contribution in [2.45, 2.75) is 26.3 Å². The van der Waals surface area contributed by atoms with E-state index in [1.54, 1.807) is 6.20 Å². The summed E-state index contributed by atoms with van der Waals surface area (Å²) in [6.07, 6.45) is 3.69. The van der Waals surface area contributed by atoms with Gasteiger partial charge in [-0.25, -0.2) is 9.97 Å². The number of nitrogens with zero attached hydrogens (tertiary/aromatic N) is 4. The first-order valence-electron chi connectivity index (χ1n) is 7.11. The van der Waals surface area contributed by atoms with Crippen LogP contribution in [0.3, 0.4) is 0 Å². The Morgan fingerprint density at radius 1 is 1.24 bits per heavy atom. The van der Waals surface area contributed by atoms with Crippen LogP contribution in [0.4, 0.5) is 0 Å². The van der Waals surface area contributed by atoms with Crippen molar-refractivity contribution in [1.82, 2.24) is 14.5 Å². The number of rotatable bonds is 4. The molecule has 0 unspecified atom stereocenters. The number of nitriles is 1. The lowest BCUT2D eigenvalue weighted by Crippen LogP contribution is -2.05. The fourth-order valence-corrected chi connectivity index (χ4v) is 2.53. The molecule has 2 aromatic heterocycles. The molecule has 0 aliphatic carbocycles. The summed E-state index contributed by atoms with van der Waals surface area (Å²) < 4.78 is 2.23. The van der Waals surface area contributed by atoms with Gasteiger partial charge in [0, 0.05) is 19.2 Å². The predicted molar refractivity (Wildman–Crippen MR) is 81.8 cm³/mol. The Labute approximate surface area is 123 Å². The summed E-state index contributed by atoms with van der Waals surface area (Å²) in [5.74, 6) is 1.09. The van der Waals surface area contributed by atoms with Crippen LogP contribution in [0.5, 0.6) is 0 Å². The quantitative estimate of drug-likeness (QED) is 0.734. The van der Waals surface area contributed by atoms with Crippen LogP contribution >= 0.6 is 0 Å². The number of hydrogen-bond acceptors (Lipinski definition) is 3. The van der Waals surface area contributed by atoms with E-state index in [0.29, 0.717) is 12.2 Å². The number of para-hydroxylation sites is 2. The van der Waals surface area contributed by atoms with Crippen LogP contribution in [0.2, 0.25) is 0 Å². The second-order valence-electron chi connectivity index (χ2n) is 5.01. The van der Waals surface area contributed by atoms with Gasteiger partial charge in [-0.05, 0) is 36.2 Å². The first-order chi connectivity index (χ1) is 10.3. The van der Waals surface area contributed by atoms with Gasteiger partial charge in [0.2, 0.25) is 0 Å². The normalized spacial score (nSPS) is 10.7. The summed E-state index contributed by atoms with van der Waals surface area (Å²) in [4.78, 5) is 8.75. The Kier molecular flexibility index (Phi) is 3.65. The zero-order valence-corrected chi connectivity index (χ0v) is 12.0. The van der Waals surface area contributed by atoms with Crippen molar-refractivity contribution >= 4 is 11.0 Å². The minimum Gasteiger partial charge on any atom is -0.323 e. The van der Waals surface area contributed by atoms with E-state index in [1.807, 2.05) is 30.3 Å². The summed E-state index contributed by atoms with van der Waals surface area (Å²) in [6.45, 7) is 2.87. The molecule has 0 aliphatic heterocycles. The van der Waals surface area contributed by atoms with Crippen molar-refractivity contribution in [3.05, 3.63) is 59.7 Å². The van der Waals surface area contributed by atoms with Gasteiger partial charge in [-0.15, -0.1) is 0 Å². The minimum atomic E-state index is 0.453. The molecule has 3 rings (SSSR count). The maximum atomic E-state index is 8.97. The number of aryl methyl sites for hydroxylation is 1. The zero-order chi connectivity index (χ0) is 14.7. The predicted octanol–water partition coefficient (Wildman–Crippen LogP) is 3.30. The number of benzene rings is 1. The van der Waals surface area contributed by atoms with E-state index < -0.39 is 0 Å². The third-order valence-electron chi connectivity index (χ3n) is 3.49. The van der Waals surface area contributed by atoms with Crippen molar-refractivity contribution in [2.75, 3.05) is 0 Å². The molecule has 0 spiro atoms. The van der Waals surface area contributed by atoms with Gasteiger partial charge in [-0.3, -0.25) is 0 Å². The average Bonchev–Trinajstić information content (AvgIpc) is 2.86. The van der Waals surface area contributed by atoms with Crippen LogP contribution in [-0.2, 0) is 13.0 Å². The molecule has 2 heterocycles. The highest BCUT2D eigenvalue weighted by Crippen LogP contribution is 2.19. The Hall–Kier alpha value is -2.67. The second kappa shape index (κ2) is 5.76. The van der Waals surface area contributed by atoms with Gasteiger partial charge in [0.1, 0.15) is 17.6 Å². The molecule has 0 saturated carbocycles. The fourth-order valence-electron chi connectivity index (χ4n) is 2.53. The summed E-state index contributed by atoms with van der Waals surface area (Å²) in [5, 5.41) is 8.97. The highest BCUT2D eigenvalue weighted by Gasteiger charge is 2.10. The molecule has 0 amide bonds. The summed E-state index contributed by atoms with van der Waals surface area (Å²) in [6, 6.07) is 14.0. The van der Waals surface area contributed by atoms with Gasteiger partial charge in [0.15, 0.2) is 0 Å². The van der Waals surface area contributed by atoms with Crippen molar-refractivity contribution < 1.29 is 0 Å². The van der Waals surface area contributed by atoms with Crippen LogP contribution in [-0.4, -0.2) is 14.5 Å². The van der Waals surface area contributed by atoms with E-state index in [2.05, 4.69) is 28.6 Å². The Morgan fingerprint density at radius 2 is 2.10 bits per heavy atom. The van der Waals surface area contributed by atoms with Crippen LogP contribution in [0.1, 0.15) is 30.4 Å². The average molecular weight is 276 g/mol. The molecule has 4 nitrogen and oxygen atoms in total. The highest BCUT2D eigenvalue weighted by atomic mass is 15.1. The summed E-state index contributed by atoms with van der Waals surface area (Å²) in [5.41, 5.74) is 3.68. The van der Waals surface area contributed by atoms with E-state index in [-0.39, 0.29) is 0 Å². The number of imidazole rings is 1. The van der Waals surface area contributed by atoms with E-state index in [1.165, 1.54) is 0 Å². The SMILES string of the molecule is CCCc1nc2ccccc2n1Cc1ccnc(C#N)c1. The van der Waals surface area contributed by atoms with E-state index in [0.717, 1.165) is 35.3 Å². The molecule has 104 valence electrons. The molecular formula is C17H16N4. The topological polar surface area (TPSA) is 54.5 Å². The third-order valence-corrected chi connectivity index (χ3v) is 3.49. The molecule has 0 saturated heterocycles. The van der Waals surface area contributed by atoms with Gasteiger partial charge >= 0.3 is 0 Å². The van der Waals surface area contributed by atoms with Gasteiger partial charge in [-0.2, -0.15) is 5.26 Å². The van der Waals surface area contributed by atoms with Crippen LogP contribution in [0.15, 0.2) is 42.6 Å². The lowest BCUT2D eigenvalue weighted by Gasteiger charge is -2.09. The largest absolute Gasteiger partial charge is 0.323 e. The fraction of sp³-hybridized carbons (Fsp3) is 0.235. The van der Waals surface area contributed by atoms with Crippen molar-refractivity contribution in [2.24, 2.45) is 0 Å². The first-order valence-corrected chi connectivity index (χ1v) is 7.11. The molecule has 0 bridgehead atoms. The third kappa shape index (κ3) is 2.63. The van der Waals surface area contributed by atoms with Crippen molar-refractivity contribution in [3.63, 3.8) is 0 Å². The molecular weight excluding hydrogens is 260 g/mol. The highest BCUT2D eigenvalue weighted by molar-refractivity contribution is 5.76. The monoisotopic (exact) mass is 276 g/mol. The van der Waals surface area contributed by atoms with Crippen LogP contribution < -0.4 is 0 Å². The molecule has 1 aromatic carbocycles. The van der Waals surface area contributed by atoms with Crippen LogP contribution in [0, 0.1) is 11.3 Å². The number of fused-ring (bicyclic) bond motifs is 1. The summed E-state index contributed by atoms with van der Waals surface area (Å²) >= 11 is 0. The molecule has 3 aromatic rings. The van der Waals surface area contributed by atoms with Crippen molar-refractivity contribution in [1.29, 1.82) is 5.26 Å². The molecule has 0 fully saturated rings. The molecule has 4 heteroatoms. The Balaban J connectivity index is 2.06. The molecule has 0 aliphatic rings. The maximum Gasteiger partial charge on any atom is 0.140 e. The molecule has 0 atom stereocenters. The summed E-state index contributed by atoms with van der Waals surface area (Å²) in [7, 11) is 0. The van der Waals surface area contributed by atoms with Gasteiger partial charge in [0.05, 0.1) is 11.0 Å². The Bertz CT molecular complexity index is 811. The van der Waals surface area contributed by atoms with E-state index >= 15 is 0 Å². The molecule has 21 heavy (non-hydrogen) atoms. The lowest BCUT2D eigenvalue weighted by atomic mass is 10.2. The lowest BCUT2D eigenvalue weighted by molar-refractivity contribution is 0.721. The van der Waals surface area contributed by atoms with Gasteiger partial charge in [0.25, 0.3) is 0 Å². The molecule has 0 radical (unpaired) electrons. The molecule has 0 N–H and O–H groups in total. The Morgan fingerprint density at radius 3 is 2.90 bits per heavy atom. The smallest absolute Gasteiger partial charge is 0.140 e. The van der Waals surface area contributed by atoms with E-state index in [9.17, 15) is 0 Å². The first kappa shape index (κ1) is 13.3. The second-order valence-corrected chi connectivity index (χ2v) is 5.01. The maximum absolute atomic E-state index is 8.97. The van der Waals surface area contributed by atoms with Crippen LogP contribution in [0.25, 0.3) is 11.0 Å². The number of aromatic nitrogens is 3. The van der Waals surface area contributed by atoms with Gasteiger partial charge < -0.3 is 4.57 Å². The number of pyridine rings is 1. The number of hydrogen-bond donors (Lipinski definition) is 0. The van der Waals surface area contributed by atoms with Crippen molar-refractivity contribution in [3.8, 4) is 6.07 Å². The zero-order valence-electron chi connectivity index (χ0n) is 12.0. The van der Waals surface area contributed by atoms with E-state index in [4.69, 9.17) is 10.2 Å². The van der Waals surface area contributed by atoms with Gasteiger partial charge in [-0.1, -0.05) is 19.1 Å². The minimum absolute atomic E-state index is 0.453.